The van der Waals surface area contributed by atoms with E-state index >= 15 is 0 Å². The highest BCUT2D eigenvalue weighted by Gasteiger charge is 2.04. The van der Waals surface area contributed by atoms with E-state index < -0.39 is 5.97 Å². The summed E-state index contributed by atoms with van der Waals surface area (Å²) < 4.78 is 5.37. The molecule has 1 aromatic rings. The van der Waals surface area contributed by atoms with Gasteiger partial charge in [0.05, 0.1) is 12.7 Å². The van der Waals surface area contributed by atoms with Crippen molar-refractivity contribution in [3.8, 4) is 0 Å². The van der Waals surface area contributed by atoms with E-state index in [0.717, 1.165) is 31.4 Å². The van der Waals surface area contributed by atoms with Gasteiger partial charge in [-0.05, 0) is 12.8 Å². The first-order valence-corrected chi connectivity index (χ1v) is 7.29. The summed E-state index contributed by atoms with van der Waals surface area (Å²) in [5, 5.41) is 13.9. The van der Waals surface area contributed by atoms with E-state index in [-0.39, 0.29) is 19.0 Å². The zero-order valence-corrected chi connectivity index (χ0v) is 12.4. The highest BCUT2D eigenvalue weighted by Crippen LogP contribution is 2.04. The Morgan fingerprint density at radius 2 is 2.00 bits per heavy atom. The van der Waals surface area contributed by atoms with E-state index in [1.54, 1.807) is 6.20 Å². The number of aliphatic carboxylic acids is 1. The van der Waals surface area contributed by atoms with Crippen molar-refractivity contribution in [1.82, 2.24) is 15.6 Å². The molecule has 0 saturated carbocycles. The standard InChI is InChI=1S/C14H23N3O4/c1-2-11-9-16-12(21-11)10-17-14(20)15-8-6-4-3-5-7-13(18)19/h9H,2-8,10H2,1H3,(H,18,19)(H2,15,17,20). The molecule has 0 unspecified atom stereocenters. The zero-order valence-electron chi connectivity index (χ0n) is 12.4. The fourth-order valence-corrected chi connectivity index (χ4v) is 1.77. The van der Waals surface area contributed by atoms with E-state index in [1.807, 2.05) is 6.92 Å². The lowest BCUT2D eigenvalue weighted by molar-refractivity contribution is -0.137. The van der Waals surface area contributed by atoms with E-state index in [4.69, 9.17) is 9.52 Å². The number of nitrogens with zero attached hydrogens (tertiary/aromatic N) is 1. The second-order valence-electron chi connectivity index (χ2n) is 4.74. The number of unbranched alkanes of at least 4 members (excludes halogenated alkanes) is 3. The Kier molecular flexibility index (Phi) is 7.93. The molecule has 2 amide bonds. The number of rotatable bonds is 10. The molecule has 0 fully saturated rings. The summed E-state index contributed by atoms with van der Waals surface area (Å²) in [4.78, 5) is 25.9. The van der Waals surface area contributed by atoms with Crippen LogP contribution in [0.3, 0.4) is 0 Å². The summed E-state index contributed by atoms with van der Waals surface area (Å²) >= 11 is 0. The van der Waals surface area contributed by atoms with Crippen LogP contribution < -0.4 is 10.6 Å². The largest absolute Gasteiger partial charge is 0.481 e. The molecule has 0 spiro atoms. The third kappa shape index (κ3) is 7.96. The summed E-state index contributed by atoms with van der Waals surface area (Å²) in [7, 11) is 0. The molecule has 7 heteroatoms. The predicted molar refractivity (Wildman–Crippen MR) is 76.8 cm³/mol. The number of urea groups is 1. The maximum atomic E-state index is 11.5. The van der Waals surface area contributed by atoms with Gasteiger partial charge in [-0.3, -0.25) is 4.79 Å². The second kappa shape index (κ2) is 9.79. The zero-order chi connectivity index (χ0) is 15.5. The van der Waals surface area contributed by atoms with Crippen molar-refractivity contribution in [2.45, 2.75) is 52.0 Å². The number of hydrogen-bond donors (Lipinski definition) is 3. The van der Waals surface area contributed by atoms with E-state index in [2.05, 4.69) is 15.6 Å². The average Bonchev–Trinajstić information content (AvgIpc) is 2.92. The predicted octanol–water partition coefficient (Wildman–Crippen LogP) is 2.07. The van der Waals surface area contributed by atoms with Gasteiger partial charge in [-0.15, -0.1) is 0 Å². The fourth-order valence-electron chi connectivity index (χ4n) is 1.77. The minimum atomic E-state index is -0.759. The van der Waals surface area contributed by atoms with Gasteiger partial charge in [0, 0.05) is 19.4 Å². The molecule has 7 nitrogen and oxygen atoms in total. The molecule has 118 valence electrons. The normalized spacial score (nSPS) is 10.3. The molecule has 0 radical (unpaired) electrons. The van der Waals surface area contributed by atoms with Crippen molar-refractivity contribution in [3.63, 3.8) is 0 Å². The Balaban J connectivity index is 2.00. The summed E-state index contributed by atoms with van der Waals surface area (Å²) in [6, 6.07) is -0.253. The van der Waals surface area contributed by atoms with Gasteiger partial charge in [0.25, 0.3) is 0 Å². The van der Waals surface area contributed by atoms with Crippen molar-refractivity contribution in [2.75, 3.05) is 6.54 Å². The summed E-state index contributed by atoms with van der Waals surface area (Å²) in [6.45, 7) is 2.82. The molecule has 0 aromatic carbocycles. The first-order valence-electron chi connectivity index (χ1n) is 7.29. The number of hydrogen-bond acceptors (Lipinski definition) is 4. The van der Waals surface area contributed by atoms with Crippen LogP contribution in [0, 0.1) is 0 Å². The fraction of sp³-hybridized carbons (Fsp3) is 0.643. The number of aromatic nitrogens is 1. The number of aryl methyl sites for hydroxylation is 1. The Hall–Kier alpha value is -2.05. The number of carbonyl (C=O) groups excluding carboxylic acids is 1. The van der Waals surface area contributed by atoms with E-state index in [0.29, 0.717) is 18.9 Å². The van der Waals surface area contributed by atoms with Crippen LogP contribution in [-0.4, -0.2) is 28.6 Å². The Labute approximate surface area is 124 Å². The quantitative estimate of drug-likeness (QED) is 0.573. The van der Waals surface area contributed by atoms with Gasteiger partial charge in [-0.2, -0.15) is 0 Å². The van der Waals surface area contributed by atoms with Crippen LogP contribution in [0.2, 0.25) is 0 Å². The van der Waals surface area contributed by atoms with Crippen LogP contribution in [0.25, 0.3) is 0 Å². The second-order valence-corrected chi connectivity index (χ2v) is 4.74. The number of carbonyl (C=O) groups is 2. The number of oxazole rings is 1. The summed E-state index contributed by atoms with van der Waals surface area (Å²) in [6.07, 6.45) is 5.95. The van der Waals surface area contributed by atoms with Crippen LogP contribution in [0.5, 0.6) is 0 Å². The van der Waals surface area contributed by atoms with Gasteiger partial charge in [0.1, 0.15) is 5.76 Å². The molecule has 0 aliphatic heterocycles. The SMILES string of the molecule is CCc1cnc(CNC(=O)NCCCCCCC(=O)O)o1. The number of nitrogens with one attached hydrogen (secondary N) is 2. The van der Waals surface area contributed by atoms with Gasteiger partial charge >= 0.3 is 12.0 Å². The van der Waals surface area contributed by atoms with Crippen molar-refractivity contribution in [3.05, 3.63) is 17.8 Å². The lowest BCUT2D eigenvalue weighted by Crippen LogP contribution is -2.35. The van der Waals surface area contributed by atoms with Crippen LogP contribution in [0.1, 0.15) is 50.7 Å². The summed E-state index contributed by atoms with van der Waals surface area (Å²) in [5.41, 5.74) is 0. The van der Waals surface area contributed by atoms with Crippen LogP contribution in [-0.2, 0) is 17.8 Å². The van der Waals surface area contributed by atoms with Crippen LogP contribution in [0.15, 0.2) is 10.6 Å². The minimum Gasteiger partial charge on any atom is -0.481 e. The molecule has 0 bridgehead atoms. The Bertz CT molecular complexity index is 445. The molecule has 1 aromatic heterocycles. The Morgan fingerprint density at radius 3 is 2.67 bits per heavy atom. The molecule has 0 aliphatic rings. The first-order chi connectivity index (χ1) is 10.1. The van der Waals surface area contributed by atoms with E-state index in [1.165, 1.54) is 0 Å². The third-order valence-corrected chi connectivity index (χ3v) is 2.95. The van der Waals surface area contributed by atoms with Crippen LogP contribution >= 0.6 is 0 Å². The maximum Gasteiger partial charge on any atom is 0.315 e. The lowest BCUT2D eigenvalue weighted by atomic mass is 10.1. The lowest BCUT2D eigenvalue weighted by Gasteiger charge is -2.05. The van der Waals surface area contributed by atoms with E-state index in [9.17, 15) is 9.59 Å². The van der Waals surface area contributed by atoms with Gasteiger partial charge in [-0.1, -0.05) is 19.8 Å². The summed E-state index contributed by atoms with van der Waals surface area (Å²) in [5.74, 6) is 0.537. The van der Waals surface area contributed by atoms with Gasteiger partial charge < -0.3 is 20.2 Å². The van der Waals surface area contributed by atoms with Crippen molar-refractivity contribution < 1.29 is 19.1 Å². The number of carboxylic acids is 1. The van der Waals surface area contributed by atoms with Gasteiger partial charge in [-0.25, -0.2) is 9.78 Å². The molecule has 1 heterocycles. The topological polar surface area (TPSA) is 104 Å². The molecule has 0 atom stereocenters. The van der Waals surface area contributed by atoms with Gasteiger partial charge in [0.15, 0.2) is 0 Å². The highest BCUT2D eigenvalue weighted by atomic mass is 16.4. The van der Waals surface area contributed by atoms with Crippen molar-refractivity contribution in [2.24, 2.45) is 0 Å². The van der Waals surface area contributed by atoms with Crippen molar-refractivity contribution >= 4 is 12.0 Å². The molecule has 0 aliphatic carbocycles. The molecule has 3 N–H and O–H groups in total. The molecular formula is C14H23N3O4. The Morgan fingerprint density at radius 1 is 1.24 bits per heavy atom. The first kappa shape index (κ1) is 17.0. The highest BCUT2D eigenvalue weighted by molar-refractivity contribution is 5.73. The third-order valence-electron chi connectivity index (χ3n) is 2.95. The average molecular weight is 297 g/mol. The molecule has 0 saturated heterocycles. The van der Waals surface area contributed by atoms with Crippen molar-refractivity contribution in [1.29, 1.82) is 0 Å². The molecular weight excluding hydrogens is 274 g/mol. The minimum absolute atomic E-state index is 0.212. The number of amides is 2. The van der Waals surface area contributed by atoms with Gasteiger partial charge in [0.2, 0.25) is 5.89 Å². The molecule has 1 rings (SSSR count). The maximum absolute atomic E-state index is 11.5. The smallest absolute Gasteiger partial charge is 0.315 e. The monoisotopic (exact) mass is 297 g/mol. The van der Waals surface area contributed by atoms with Crippen LogP contribution in [0.4, 0.5) is 4.79 Å². The molecule has 21 heavy (non-hydrogen) atoms. The number of carboxylic acid groups (broad SMARTS) is 1.